The number of hydrogen-bond donors (Lipinski definition) is 1. The summed E-state index contributed by atoms with van der Waals surface area (Å²) in [6, 6.07) is 2.43. The van der Waals surface area contributed by atoms with E-state index in [1.54, 1.807) is 0 Å². The number of nitrogens with zero attached hydrogens (tertiary/aromatic N) is 2. The molecular weight excluding hydrogens is 255 g/mol. The van der Waals surface area contributed by atoms with E-state index in [1.807, 2.05) is 4.90 Å². The van der Waals surface area contributed by atoms with Crippen LogP contribution in [0.4, 0.5) is 19.0 Å². The van der Waals surface area contributed by atoms with Crippen LogP contribution >= 0.6 is 0 Å². The summed E-state index contributed by atoms with van der Waals surface area (Å²) in [5, 5.41) is 0. The lowest BCUT2D eigenvalue weighted by Crippen LogP contribution is -2.36. The van der Waals surface area contributed by atoms with Gasteiger partial charge in [0.1, 0.15) is 11.5 Å². The fourth-order valence-corrected chi connectivity index (χ4v) is 2.45. The quantitative estimate of drug-likeness (QED) is 0.901. The van der Waals surface area contributed by atoms with Gasteiger partial charge < -0.3 is 10.6 Å². The standard InChI is InChI=1S/C13H18F3N3/c1-9-3-2-6-19(8-9)12-10(7-17)4-5-11(18-12)13(14,15)16/h4-5,9H,2-3,6-8,17H2,1H3. The molecule has 0 bridgehead atoms. The first kappa shape index (κ1) is 14.1. The summed E-state index contributed by atoms with van der Waals surface area (Å²) < 4.78 is 38.2. The molecule has 19 heavy (non-hydrogen) atoms. The molecule has 1 saturated heterocycles. The minimum Gasteiger partial charge on any atom is -0.356 e. The lowest BCUT2D eigenvalue weighted by molar-refractivity contribution is -0.141. The first-order valence-corrected chi connectivity index (χ1v) is 6.44. The molecule has 0 amide bonds. The van der Waals surface area contributed by atoms with E-state index in [-0.39, 0.29) is 6.54 Å². The van der Waals surface area contributed by atoms with Crippen molar-refractivity contribution in [2.45, 2.75) is 32.5 Å². The Morgan fingerprint density at radius 2 is 2.16 bits per heavy atom. The van der Waals surface area contributed by atoms with E-state index in [0.717, 1.165) is 32.0 Å². The molecule has 2 heterocycles. The highest BCUT2D eigenvalue weighted by Gasteiger charge is 2.33. The van der Waals surface area contributed by atoms with Crippen LogP contribution in [0.5, 0.6) is 0 Å². The Balaban J connectivity index is 2.35. The van der Waals surface area contributed by atoms with E-state index in [4.69, 9.17) is 5.73 Å². The van der Waals surface area contributed by atoms with Crippen molar-refractivity contribution in [3.63, 3.8) is 0 Å². The smallest absolute Gasteiger partial charge is 0.356 e. The molecule has 2 rings (SSSR count). The number of alkyl halides is 3. The van der Waals surface area contributed by atoms with Gasteiger partial charge in [-0.2, -0.15) is 13.2 Å². The minimum atomic E-state index is -4.41. The summed E-state index contributed by atoms with van der Waals surface area (Å²) in [6.07, 6.45) is -2.33. The van der Waals surface area contributed by atoms with Gasteiger partial charge >= 0.3 is 6.18 Å². The van der Waals surface area contributed by atoms with Crippen LogP contribution in [-0.2, 0) is 12.7 Å². The second kappa shape index (κ2) is 5.36. The maximum atomic E-state index is 12.7. The van der Waals surface area contributed by atoms with Gasteiger partial charge in [0.15, 0.2) is 0 Å². The van der Waals surface area contributed by atoms with E-state index in [2.05, 4.69) is 11.9 Å². The van der Waals surface area contributed by atoms with Crippen LogP contribution in [-0.4, -0.2) is 18.1 Å². The summed E-state index contributed by atoms with van der Waals surface area (Å²) in [7, 11) is 0. The SMILES string of the molecule is CC1CCCN(c2nc(C(F)(F)F)ccc2CN)C1. The van der Waals surface area contributed by atoms with Gasteiger partial charge in [0.2, 0.25) is 0 Å². The Kier molecular flexibility index (Phi) is 3.99. The van der Waals surface area contributed by atoms with Crippen LogP contribution in [0.25, 0.3) is 0 Å². The largest absolute Gasteiger partial charge is 0.433 e. The maximum Gasteiger partial charge on any atom is 0.433 e. The molecule has 1 fully saturated rings. The average molecular weight is 273 g/mol. The summed E-state index contributed by atoms with van der Waals surface area (Å²) in [5.74, 6) is 0.861. The van der Waals surface area contributed by atoms with Gasteiger partial charge in [-0.3, -0.25) is 0 Å². The fourth-order valence-electron chi connectivity index (χ4n) is 2.45. The molecular formula is C13H18F3N3. The zero-order valence-electron chi connectivity index (χ0n) is 10.9. The van der Waals surface area contributed by atoms with Crippen molar-refractivity contribution in [3.05, 3.63) is 23.4 Å². The van der Waals surface area contributed by atoms with Crippen molar-refractivity contribution in [2.24, 2.45) is 11.7 Å². The second-order valence-electron chi connectivity index (χ2n) is 5.07. The fraction of sp³-hybridized carbons (Fsp3) is 0.615. The Bertz CT molecular complexity index is 445. The summed E-state index contributed by atoms with van der Waals surface area (Å²) >= 11 is 0. The summed E-state index contributed by atoms with van der Waals surface area (Å²) in [5.41, 5.74) is 5.42. The molecule has 0 saturated carbocycles. The molecule has 1 aromatic rings. The van der Waals surface area contributed by atoms with E-state index in [1.165, 1.54) is 6.07 Å². The highest BCUT2D eigenvalue weighted by Crippen LogP contribution is 2.31. The van der Waals surface area contributed by atoms with Gasteiger partial charge in [0, 0.05) is 25.2 Å². The third kappa shape index (κ3) is 3.18. The van der Waals surface area contributed by atoms with Gasteiger partial charge in [-0.1, -0.05) is 13.0 Å². The van der Waals surface area contributed by atoms with Crippen LogP contribution in [0.15, 0.2) is 12.1 Å². The molecule has 0 radical (unpaired) electrons. The Labute approximate surface area is 110 Å². The van der Waals surface area contributed by atoms with Gasteiger partial charge in [0.25, 0.3) is 0 Å². The van der Waals surface area contributed by atoms with E-state index in [0.29, 0.717) is 17.3 Å². The van der Waals surface area contributed by atoms with Crippen molar-refractivity contribution in [3.8, 4) is 0 Å². The normalized spacial score (nSPS) is 20.7. The number of pyridine rings is 1. The van der Waals surface area contributed by atoms with Gasteiger partial charge in [-0.05, 0) is 24.8 Å². The number of anilines is 1. The monoisotopic (exact) mass is 273 g/mol. The van der Waals surface area contributed by atoms with Crippen molar-refractivity contribution >= 4 is 5.82 Å². The van der Waals surface area contributed by atoms with Crippen molar-refractivity contribution in [1.82, 2.24) is 4.98 Å². The first-order valence-electron chi connectivity index (χ1n) is 6.44. The molecule has 0 spiro atoms. The zero-order valence-corrected chi connectivity index (χ0v) is 10.9. The molecule has 6 heteroatoms. The minimum absolute atomic E-state index is 0.200. The molecule has 1 unspecified atom stereocenters. The van der Waals surface area contributed by atoms with Crippen LogP contribution in [0.1, 0.15) is 31.0 Å². The molecule has 1 aliphatic rings. The number of piperidine rings is 1. The number of aromatic nitrogens is 1. The Morgan fingerprint density at radius 3 is 2.74 bits per heavy atom. The van der Waals surface area contributed by atoms with Crippen LogP contribution in [0.2, 0.25) is 0 Å². The van der Waals surface area contributed by atoms with E-state index < -0.39 is 11.9 Å². The highest BCUT2D eigenvalue weighted by molar-refractivity contribution is 5.48. The summed E-state index contributed by atoms with van der Waals surface area (Å²) in [6.45, 7) is 3.78. The maximum absolute atomic E-state index is 12.7. The molecule has 106 valence electrons. The number of hydrogen-bond acceptors (Lipinski definition) is 3. The third-order valence-electron chi connectivity index (χ3n) is 3.42. The van der Waals surface area contributed by atoms with Crippen LogP contribution in [0, 0.1) is 5.92 Å². The van der Waals surface area contributed by atoms with E-state index in [9.17, 15) is 13.2 Å². The molecule has 0 aliphatic carbocycles. The predicted octanol–water partition coefficient (Wildman–Crippen LogP) is 2.80. The average Bonchev–Trinajstić information content (AvgIpc) is 2.37. The topological polar surface area (TPSA) is 42.2 Å². The van der Waals surface area contributed by atoms with Gasteiger partial charge in [-0.15, -0.1) is 0 Å². The molecule has 1 aromatic heterocycles. The van der Waals surface area contributed by atoms with Crippen molar-refractivity contribution in [2.75, 3.05) is 18.0 Å². The lowest BCUT2D eigenvalue weighted by atomic mass is 10.00. The lowest BCUT2D eigenvalue weighted by Gasteiger charge is -2.33. The molecule has 3 nitrogen and oxygen atoms in total. The zero-order chi connectivity index (χ0) is 14.0. The van der Waals surface area contributed by atoms with Crippen molar-refractivity contribution in [1.29, 1.82) is 0 Å². The van der Waals surface area contributed by atoms with Crippen molar-refractivity contribution < 1.29 is 13.2 Å². The third-order valence-corrected chi connectivity index (χ3v) is 3.42. The number of rotatable bonds is 2. The van der Waals surface area contributed by atoms with Gasteiger partial charge in [0.05, 0.1) is 0 Å². The molecule has 1 aliphatic heterocycles. The highest BCUT2D eigenvalue weighted by atomic mass is 19.4. The van der Waals surface area contributed by atoms with E-state index >= 15 is 0 Å². The summed E-state index contributed by atoms with van der Waals surface area (Å²) in [4.78, 5) is 5.72. The first-order chi connectivity index (χ1) is 8.91. The molecule has 0 aromatic carbocycles. The van der Waals surface area contributed by atoms with Gasteiger partial charge in [-0.25, -0.2) is 4.98 Å². The van der Waals surface area contributed by atoms with Crippen LogP contribution < -0.4 is 10.6 Å². The Morgan fingerprint density at radius 1 is 1.42 bits per heavy atom. The second-order valence-corrected chi connectivity index (χ2v) is 5.07. The number of nitrogens with two attached hydrogens (primary N) is 1. The molecule has 1 atom stereocenters. The van der Waals surface area contributed by atoms with Crippen LogP contribution in [0.3, 0.4) is 0 Å². The predicted molar refractivity (Wildman–Crippen MR) is 67.7 cm³/mol. The Hall–Kier alpha value is -1.30. The number of halogens is 3. The molecule has 2 N–H and O–H groups in total.